The van der Waals surface area contributed by atoms with Crippen molar-refractivity contribution in [2.75, 3.05) is 0 Å². The van der Waals surface area contributed by atoms with Gasteiger partial charge in [-0.05, 0) is 40.8 Å². The van der Waals surface area contributed by atoms with Crippen molar-refractivity contribution in [1.29, 1.82) is 0 Å². The highest BCUT2D eigenvalue weighted by atomic mass is 127. The summed E-state index contributed by atoms with van der Waals surface area (Å²) in [5.41, 5.74) is 0. The minimum Gasteiger partial charge on any atom is -0.477 e. The number of aromatic carboxylic acids is 1. The average Bonchev–Trinajstić information content (AvgIpc) is 2.47. The van der Waals surface area contributed by atoms with Crippen molar-refractivity contribution in [3.05, 3.63) is 26.6 Å². The summed E-state index contributed by atoms with van der Waals surface area (Å²) in [6, 6.07) is 5.55. The van der Waals surface area contributed by atoms with Gasteiger partial charge in [-0.3, -0.25) is 0 Å². The topological polar surface area (TPSA) is 37.3 Å². The Morgan fingerprint density at radius 3 is 2.79 bits per heavy atom. The zero-order chi connectivity index (χ0) is 10.3. The highest BCUT2D eigenvalue weighted by Crippen LogP contribution is 2.32. The van der Waals surface area contributed by atoms with Crippen molar-refractivity contribution >= 4 is 62.6 Å². The number of fused-ring (bicyclic) bond motifs is 1. The molecule has 0 spiro atoms. The van der Waals surface area contributed by atoms with E-state index in [1.54, 1.807) is 6.07 Å². The predicted molar refractivity (Wildman–Crippen MR) is 68.8 cm³/mol. The quantitative estimate of drug-likeness (QED) is 0.618. The molecule has 0 unspecified atom stereocenters. The molecule has 2 rings (SSSR count). The molecule has 1 aromatic carbocycles. The molecule has 0 radical (unpaired) electrons. The van der Waals surface area contributed by atoms with Crippen LogP contribution in [-0.2, 0) is 0 Å². The van der Waals surface area contributed by atoms with Crippen LogP contribution in [0.2, 0.25) is 0 Å². The van der Waals surface area contributed by atoms with E-state index in [0.29, 0.717) is 4.88 Å². The van der Waals surface area contributed by atoms with Crippen LogP contribution in [0.1, 0.15) is 9.67 Å². The number of carbonyl (C=O) groups is 1. The number of halogens is 1. The molecular formula is C9H5IO2S2. The Morgan fingerprint density at radius 1 is 1.43 bits per heavy atom. The van der Waals surface area contributed by atoms with Crippen LogP contribution in [0, 0.1) is 3.57 Å². The van der Waals surface area contributed by atoms with Gasteiger partial charge in [-0.2, -0.15) is 0 Å². The summed E-state index contributed by atoms with van der Waals surface area (Å²) in [7, 11) is 0. The third kappa shape index (κ3) is 1.76. The maximum Gasteiger partial charge on any atom is 0.345 e. The zero-order valence-electron chi connectivity index (χ0n) is 6.82. The lowest BCUT2D eigenvalue weighted by Crippen LogP contribution is -1.89. The van der Waals surface area contributed by atoms with Gasteiger partial charge in [-0.1, -0.05) is 0 Å². The Morgan fingerprint density at radius 2 is 2.14 bits per heavy atom. The summed E-state index contributed by atoms with van der Waals surface area (Å²) < 4.78 is 2.04. The van der Waals surface area contributed by atoms with E-state index in [-0.39, 0.29) is 0 Å². The Bertz CT molecular complexity index is 519. The molecule has 0 atom stereocenters. The number of carboxylic acids is 1. The van der Waals surface area contributed by atoms with Gasteiger partial charge in [0.1, 0.15) is 4.88 Å². The van der Waals surface area contributed by atoms with E-state index in [4.69, 9.17) is 5.11 Å². The van der Waals surface area contributed by atoms with Gasteiger partial charge in [-0.15, -0.1) is 24.0 Å². The van der Waals surface area contributed by atoms with Crippen LogP contribution in [-0.4, -0.2) is 11.1 Å². The van der Waals surface area contributed by atoms with Gasteiger partial charge in [0.05, 0.1) is 0 Å². The van der Waals surface area contributed by atoms with E-state index in [1.807, 2.05) is 12.1 Å². The van der Waals surface area contributed by atoms with Crippen molar-refractivity contribution < 1.29 is 9.90 Å². The molecule has 14 heavy (non-hydrogen) atoms. The molecule has 2 aromatic rings. The fourth-order valence-electron chi connectivity index (χ4n) is 1.19. The number of hydrogen-bond acceptors (Lipinski definition) is 3. The maximum atomic E-state index is 10.8. The third-order valence-electron chi connectivity index (χ3n) is 1.79. The van der Waals surface area contributed by atoms with Crippen molar-refractivity contribution in [2.45, 2.75) is 4.90 Å². The van der Waals surface area contributed by atoms with Gasteiger partial charge in [0, 0.05) is 18.6 Å². The number of thiophene rings is 1. The van der Waals surface area contributed by atoms with Crippen LogP contribution >= 0.6 is 46.6 Å². The molecule has 0 amide bonds. The van der Waals surface area contributed by atoms with Gasteiger partial charge >= 0.3 is 5.97 Å². The number of rotatable bonds is 1. The summed E-state index contributed by atoms with van der Waals surface area (Å²) in [5, 5.41) is 9.74. The van der Waals surface area contributed by atoms with Crippen LogP contribution < -0.4 is 0 Å². The normalized spacial score (nSPS) is 10.7. The third-order valence-corrected chi connectivity index (χ3v) is 3.85. The van der Waals surface area contributed by atoms with Crippen molar-refractivity contribution in [2.24, 2.45) is 0 Å². The fraction of sp³-hybridized carbons (Fsp3) is 0. The number of thiol groups is 1. The summed E-state index contributed by atoms with van der Waals surface area (Å²) in [5.74, 6) is -0.881. The molecule has 0 aliphatic rings. The largest absolute Gasteiger partial charge is 0.477 e. The standard InChI is InChI=1S/C9H5IO2S2/c10-4-1-6(13)5-3-8(9(11)12)14-7(5)2-4/h1-3,13H,(H,11,12). The van der Waals surface area contributed by atoms with E-state index in [1.165, 1.54) is 11.3 Å². The first kappa shape index (κ1) is 10.3. The summed E-state index contributed by atoms with van der Waals surface area (Å²) in [4.78, 5) is 11.9. The predicted octanol–water partition coefficient (Wildman–Crippen LogP) is 3.49. The van der Waals surface area contributed by atoms with Crippen LogP contribution in [0.5, 0.6) is 0 Å². The Hall–Kier alpha value is -0.270. The smallest absolute Gasteiger partial charge is 0.345 e. The summed E-state index contributed by atoms with van der Waals surface area (Å²) >= 11 is 7.78. The van der Waals surface area contributed by atoms with Gasteiger partial charge in [0.15, 0.2) is 0 Å². The Kier molecular flexibility index (Phi) is 2.72. The molecule has 0 saturated heterocycles. The summed E-state index contributed by atoms with van der Waals surface area (Å²) in [6.45, 7) is 0. The molecule has 0 aliphatic heterocycles. The van der Waals surface area contributed by atoms with Crippen molar-refractivity contribution in [3.63, 3.8) is 0 Å². The first-order valence-corrected chi connectivity index (χ1v) is 6.07. The first-order chi connectivity index (χ1) is 6.58. The van der Waals surface area contributed by atoms with Gasteiger partial charge < -0.3 is 5.11 Å². The molecule has 72 valence electrons. The van der Waals surface area contributed by atoms with E-state index in [9.17, 15) is 4.79 Å². The van der Waals surface area contributed by atoms with Gasteiger partial charge in [0.2, 0.25) is 0 Å². The van der Waals surface area contributed by atoms with Crippen LogP contribution in [0.15, 0.2) is 23.1 Å². The van der Waals surface area contributed by atoms with E-state index >= 15 is 0 Å². The van der Waals surface area contributed by atoms with Crippen molar-refractivity contribution in [1.82, 2.24) is 0 Å². The lowest BCUT2D eigenvalue weighted by molar-refractivity contribution is 0.0702. The molecule has 0 fully saturated rings. The van der Waals surface area contributed by atoms with Gasteiger partial charge in [0.25, 0.3) is 0 Å². The molecule has 1 aromatic heterocycles. The molecule has 1 N–H and O–H groups in total. The second kappa shape index (κ2) is 3.71. The summed E-state index contributed by atoms with van der Waals surface area (Å²) in [6.07, 6.45) is 0. The number of carboxylic acid groups (broad SMARTS) is 1. The molecule has 1 heterocycles. The lowest BCUT2D eigenvalue weighted by Gasteiger charge is -1.95. The SMILES string of the molecule is O=C(O)c1cc2c(S)cc(I)cc2s1. The minimum atomic E-state index is -0.881. The fourth-order valence-corrected chi connectivity index (χ4v) is 3.64. The second-order valence-corrected chi connectivity index (χ2v) is 5.56. The Labute approximate surface area is 103 Å². The lowest BCUT2D eigenvalue weighted by atomic mass is 10.2. The molecule has 0 aliphatic carbocycles. The van der Waals surface area contributed by atoms with Crippen molar-refractivity contribution in [3.8, 4) is 0 Å². The Balaban J connectivity index is 2.76. The molecule has 2 nitrogen and oxygen atoms in total. The van der Waals surface area contributed by atoms with Crippen LogP contribution in [0.3, 0.4) is 0 Å². The van der Waals surface area contributed by atoms with Gasteiger partial charge in [-0.25, -0.2) is 4.79 Å². The molecular weight excluding hydrogens is 331 g/mol. The van der Waals surface area contributed by atoms with E-state index < -0.39 is 5.97 Å². The van der Waals surface area contributed by atoms with Crippen LogP contribution in [0.4, 0.5) is 0 Å². The highest BCUT2D eigenvalue weighted by molar-refractivity contribution is 14.1. The maximum absolute atomic E-state index is 10.8. The number of benzene rings is 1. The van der Waals surface area contributed by atoms with E-state index in [2.05, 4.69) is 35.2 Å². The second-order valence-electron chi connectivity index (χ2n) is 2.75. The molecule has 5 heteroatoms. The minimum absolute atomic E-state index is 0.359. The molecule has 0 bridgehead atoms. The average molecular weight is 336 g/mol. The number of hydrogen-bond donors (Lipinski definition) is 2. The highest BCUT2D eigenvalue weighted by Gasteiger charge is 2.10. The van der Waals surface area contributed by atoms with Crippen LogP contribution in [0.25, 0.3) is 10.1 Å². The zero-order valence-corrected chi connectivity index (χ0v) is 10.7. The van der Waals surface area contributed by atoms with E-state index in [0.717, 1.165) is 18.6 Å². The molecule has 0 saturated carbocycles. The first-order valence-electron chi connectivity index (χ1n) is 3.73. The monoisotopic (exact) mass is 336 g/mol.